The summed E-state index contributed by atoms with van der Waals surface area (Å²) in [6.07, 6.45) is 10.7. The van der Waals surface area contributed by atoms with Gasteiger partial charge < -0.3 is 9.64 Å². The minimum Gasteiger partial charge on any atom is -0.354 e. The molecular weight excluding hydrogens is 286 g/mol. The maximum atomic E-state index is 13.2. The second kappa shape index (κ2) is 5.34. The van der Waals surface area contributed by atoms with Gasteiger partial charge in [-0.3, -0.25) is 4.79 Å². The van der Waals surface area contributed by atoms with E-state index in [1.165, 1.54) is 12.8 Å². The fourth-order valence-electron chi connectivity index (χ4n) is 5.73. The molecule has 23 heavy (non-hydrogen) atoms. The molecule has 3 heteroatoms. The Morgan fingerprint density at radius 2 is 2.04 bits per heavy atom. The Hall–Kier alpha value is -0.830. The second-order valence-electron chi connectivity index (χ2n) is 8.92. The lowest BCUT2D eigenvalue weighted by Crippen LogP contribution is -2.64. The number of fused-ring (bicyclic) bond motifs is 4. The minimum absolute atomic E-state index is 0.0249. The summed E-state index contributed by atoms with van der Waals surface area (Å²) in [5.74, 6) is 2.56. The van der Waals surface area contributed by atoms with E-state index >= 15 is 0 Å². The quantitative estimate of drug-likeness (QED) is 0.684. The third-order valence-electron chi connectivity index (χ3n) is 7.19. The van der Waals surface area contributed by atoms with Crippen LogP contribution in [0.4, 0.5) is 0 Å². The molecule has 4 aliphatic rings. The molecule has 0 spiro atoms. The number of hydrogen-bond donors (Lipinski definition) is 0. The van der Waals surface area contributed by atoms with E-state index in [4.69, 9.17) is 4.74 Å². The van der Waals surface area contributed by atoms with E-state index in [0.717, 1.165) is 25.2 Å². The average molecular weight is 317 g/mol. The van der Waals surface area contributed by atoms with Crippen LogP contribution in [0.5, 0.6) is 0 Å². The average Bonchev–Trinajstić information content (AvgIpc) is 2.80. The minimum atomic E-state index is -0.0717. The standard InChI is InChI=1S/C20H31NO2/c1-5-13-7-8-14-15(11-13)18(22)21-19(14)23-17-10-12(2)6-9-16(17)20(21,3)4/h7-8,12-17,19H,5-6,9-11H2,1-4H3/t12-,13+,14-,15-,16-,17-,19?/m1/s1. The molecule has 0 radical (unpaired) electrons. The summed E-state index contributed by atoms with van der Waals surface area (Å²) in [5, 5.41) is 0. The molecule has 2 saturated heterocycles. The van der Waals surface area contributed by atoms with E-state index < -0.39 is 0 Å². The highest BCUT2D eigenvalue weighted by Gasteiger charge is 2.60. The van der Waals surface area contributed by atoms with Gasteiger partial charge in [0.05, 0.1) is 6.10 Å². The van der Waals surface area contributed by atoms with Gasteiger partial charge in [0.2, 0.25) is 5.91 Å². The van der Waals surface area contributed by atoms with Gasteiger partial charge in [-0.2, -0.15) is 0 Å². The van der Waals surface area contributed by atoms with Gasteiger partial charge in [0.25, 0.3) is 0 Å². The summed E-state index contributed by atoms with van der Waals surface area (Å²) < 4.78 is 6.58. The van der Waals surface area contributed by atoms with Gasteiger partial charge in [0.1, 0.15) is 6.23 Å². The molecule has 0 aromatic carbocycles. The van der Waals surface area contributed by atoms with Crippen LogP contribution in [0, 0.1) is 29.6 Å². The molecule has 0 aromatic heterocycles. The molecule has 2 aliphatic heterocycles. The molecule has 7 atom stereocenters. The van der Waals surface area contributed by atoms with E-state index in [2.05, 4.69) is 44.7 Å². The monoisotopic (exact) mass is 317 g/mol. The van der Waals surface area contributed by atoms with E-state index in [1.807, 2.05) is 0 Å². The Balaban J connectivity index is 1.67. The van der Waals surface area contributed by atoms with Crippen molar-refractivity contribution in [1.82, 2.24) is 4.90 Å². The number of nitrogens with zero attached hydrogens (tertiary/aromatic N) is 1. The van der Waals surface area contributed by atoms with Crippen LogP contribution < -0.4 is 0 Å². The summed E-state index contributed by atoms with van der Waals surface area (Å²) in [7, 11) is 0. The highest BCUT2D eigenvalue weighted by atomic mass is 16.5. The molecule has 128 valence electrons. The lowest BCUT2D eigenvalue weighted by atomic mass is 9.70. The molecule has 0 bridgehead atoms. The van der Waals surface area contributed by atoms with Gasteiger partial charge in [0, 0.05) is 23.3 Å². The number of amides is 1. The first kappa shape index (κ1) is 15.7. The summed E-state index contributed by atoms with van der Waals surface area (Å²) in [6, 6.07) is 0. The van der Waals surface area contributed by atoms with E-state index in [-0.39, 0.29) is 23.6 Å². The van der Waals surface area contributed by atoms with Crippen LogP contribution in [0.1, 0.15) is 59.8 Å². The van der Waals surface area contributed by atoms with Crippen molar-refractivity contribution in [3.63, 3.8) is 0 Å². The Morgan fingerprint density at radius 1 is 1.26 bits per heavy atom. The lowest BCUT2D eigenvalue weighted by molar-refractivity contribution is -0.224. The number of carbonyl (C=O) groups is 1. The highest BCUT2D eigenvalue weighted by molar-refractivity contribution is 5.83. The van der Waals surface area contributed by atoms with Gasteiger partial charge >= 0.3 is 0 Å². The zero-order valence-electron chi connectivity index (χ0n) is 15.0. The van der Waals surface area contributed by atoms with Crippen LogP contribution in [-0.4, -0.2) is 28.7 Å². The Kier molecular flexibility index (Phi) is 3.64. The smallest absolute Gasteiger partial charge is 0.228 e. The van der Waals surface area contributed by atoms with Gasteiger partial charge in [0.15, 0.2) is 0 Å². The largest absolute Gasteiger partial charge is 0.354 e. The first-order valence-corrected chi connectivity index (χ1v) is 9.60. The summed E-state index contributed by atoms with van der Waals surface area (Å²) in [4.78, 5) is 15.3. The molecule has 2 heterocycles. The van der Waals surface area contributed by atoms with Gasteiger partial charge in [-0.05, 0) is 51.4 Å². The molecule has 1 unspecified atom stereocenters. The second-order valence-corrected chi connectivity index (χ2v) is 8.92. The van der Waals surface area contributed by atoms with Crippen molar-refractivity contribution in [3.8, 4) is 0 Å². The molecule has 3 nitrogen and oxygen atoms in total. The molecule has 1 amide bonds. The van der Waals surface area contributed by atoms with Gasteiger partial charge in [-0.15, -0.1) is 0 Å². The molecular formula is C20H31NO2. The fourth-order valence-corrected chi connectivity index (χ4v) is 5.73. The third-order valence-corrected chi connectivity index (χ3v) is 7.19. The maximum Gasteiger partial charge on any atom is 0.228 e. The van der Waals surface area contributed by atoms with Crippen molar-refractivity contribution < 1.29 is 9.53 Å². The van der Waals surface area contributed by atoms with Crippen molar-refractivity contribution >= 4 is 5.91 Å². The van der Waals surface area contributed by atoms with Crippen molar-refractivity contribution in [2.75, 3.05) is 0 Å². The number of ether oxygens (including phenoxy) is 1. The maximum absolute atomic E-state index is 13.2. The molecule has 4 rings (SSSR count). The lowest BCUT2D eigenvalue weighted by Gasteiger charge is -2.55. The summed E-state index contributed by atoms with van der Waals surface area (Å²) in [6.45, 7) is 9.13. The van der Waals surface area contributed by atoms with Crippen LogP contribution >= 0.6 is 0 Å². The van der Waals surface area contributed by atoms with Crippen molar-refractivity contribution in [2.24, 2.45) is 29.6 Å². The van der Waals surface area contributed by atoms with Crippen LogP contribution in [0.15, 0.2) is 12.2 Å². The van der Waals surface area contributed by atoms with E-state index in [1.54, 1.807) is 0 Å². The highest BCUT2D eigenvalue weighted by Crippen LogP contribution is 2.52. The van der Waals surface area contributed by atoms with Crippen LogP contribution in [-0.2, 0) is 9.53 Å². The number of rotatable bonds is 1. The first-order valence-electron chi connectivity index (χ1n) is 9.60. The Bertz CT molecular complexity index is 526. The Labute approximate surface area is 140 Å². The van der Waals surface area contributed by atoms with Crippen molar-refractivity contribution in [2.45, 2.75) is 77.7 Å². The van der Waals surface area contributed by atoms with Crippen LogP contribution in [0.2, 0.25) is 0 Å². The molecule has 0 aromatic rings. The van der Waals surface area contributed by atoms with E-state index in [0.29, 0.717) is 23.8 Å². The first-order chi connectivity index (χ1) is 10.9. The van der Waals surface area contributed by atoms with Crippen molar-refractivity contribution in [1.29, 1.82) is 0 Å². The van der Waals surface area contributed by atoms with Gasteiger partial charge in [-0.1, -0.05) is 32.4 Å². The number of allylic oxidation sites excluding steroid dienone is 1. The molecule has 1 saturated carbocycles. The zero-order valence-corrected chi connectivity index (χ0v) is 15.0. The Morgan fingerprint density at radius 3 is 2.78 bits per heavy atom. The number of carbonyl (C=O) groups excluding carboxylic acids is 1. The topological polar surface area (TPSA) is 29.5 Å². The van der Waals surface area contributed by atoms with Crippen LogP contribution in [0.25, 0.3) is 0 Å². The zero-order chi connectivity index (χ0) is 16.4. The van der Waals surface area contributed by atoms with Gasteiger partial charge in [-0.25, -0.2) is 0 Å². The molecule has 2 aliphatic carbocycles. The summed E-state index contributed by atoms with van der Waals surface area (Å²) >= 11 is 0. The number of hydrogen-bond acceptors (Lipinski definition) is 2. The SMILES string of the molecule is CC[C@H]1C=C[C@H]2C3O[C@@H]4C[C@H](C)CC[C@H]4C(C)(C)N3C(=O)[C@@H]2C1. The predicted octanol–water partition coefficient (Wildman–Crippen LogP) is 3.99. The normalized spacial score (nSPS) is 47.9. The summed E-state index contributed by atoms with van der Waals surface area (Å²) in [5.41, 5.74) is -0.0717. The van der Waals surface area contributed by atoms with E-state index in [9.17, 15) is 4.79 Å². The van der Waals surface area contributed by atoms with Crippen molar-refractivity contribution in [3.05, 3.63) is 12.2 Å². The molecule has 3 fully saturated rings. The predicted molar refractivity (Wildman–Crippen MR) is 90.6 cm³/mol. The molecule has 0 N–H and O–H groups in total. The fraction of sp³-hybridized carbons (Fsp3) is 0.850. The third kappa shape index (κ3) is 2.22. The van der Waals surface area contributed by atoms with Crippen LogP contribution in [0.3, 0.4) is 0 Å².